The van der Waals surface area contributed by atoms with E-state index in [1.165, 1.54) is 7.11 Å². The van der Waals surface area contributed by atoms with E-state index >= 15 is 0 Å². The molecular weight excluding hydrogens is 442 g/mol. The summed E-state index contributed by atoms with van der Waals surface area (Å²) in [6.45, 7) is 7.99. The van der Waals surface area contributed by atoms with E-state index in [0.29, 0.717) is 23.8 Å². The maximum absolute atomic E-state index is 11.1. The Balaban J connectivity index is 1.96. The van der Waals surface area contributed by atoms with E-state index in [0.717, 1.165) is 16.7 Å². The van der Waals surface area contributed by atoms with Crippen LogP contribution < -0.4 is 9.47 Å². The van der Waals surface area contributed by atoms with Crippen molar-refractivity contribution >= 4 is 11.7 Å². The third-order valence-corrected chi connectivity index (χ3v) is 4.86. The maximum atomic E-state index is 11.1. The summed E-state index contributed by atoms with van der Waals surface area (Å²) in [7, 11) is 1.50. The van der Waals surface area contributed by atoms with Gasteiger partial charge in [-0.1, -0.05) is 66.2 Å². The Morgan fingerprint density at radius 3 is 2.34 bits per heavy atom. The number of hydrogen-bond donors (Lipinski definition) is 1. The van der Waals surface area contributed by atoms with Gasteiger partial charge in [0.2, 0.25) is 0 Å². The minimum Gasteiger partial charge on any atom is -0.489 e. The Morgan fingerprint density at radius 1 is 1.11 bits per heavy atom. The number of aliphatic carboxylic acids is 1. The number of benzene rings is 2. The molecule has 182 valence electrons. The maximum Gasteiger partial charge on any atom is 0.304 e. The minimum absolute atomic E-state index is 0.0323. The third-order valence-electron chi connectivity index (χ3n) is 4.86. The molecule has 2 aromatic rings. The Labute approximate surface area is 207 Å². The summed E-state index contributed by atoms with van der Waals surface area (Å²) in [5.74, 6) is 5.92. The fraction of sp³-hybridized carbons (Fsp3) is 0.241. The molecule has 0 aliphatic rings. The summed E-state index contributed by atoms with van der Waals surface area (Å²) in [6, 6.07) is 15.0. The molecule has 35 heavy (non-hydrogen) atoms. The third kappa shape index (κ3) is 9.26. The monoisotopic (exact) mass is 473 g/mol. The summed E-state index contributed by atoms with van der Waals surface area (Å²) >= 11 is 0. The topological polar surface area (TPSA) is 77.4 Å². The molecule has 0 spiro atoms. The van der Waals surface area contributed by atoms with Crippen LogP contribution in [0.25, 0.3) is 0 Å². The molecule has 6 nitrogen and oxygen atoms in total. The number of carbonyl (C=O) groups is 1. The number of carboxylic acids is 1. The van der Waals surface area contributed by atoms with Crippen molar-refractivity contribution in [3.8, 4) is 23.3 Å². The highest BCUT2D eigenvalue weighted by molar-refractivity contribution is 6.03. The van der Waals surface area contributed by atoms with Crippen LogP contribution in [0.2, 0.25) is 0 Å². The number of oxime groups is 1. The number of carboxylic acid groups (broad SMARTS) is 1. The average Bonchev–Trinajstić information content (AvgIpc) is 2.86. The molecule has 1 unspecified atom stereocenters. The second kappa shape index (κ2) is 14.8. The summed E-state index contributed by atoms with van der Waals surface area (Å²) < 4.78 is 11.8. The van der Waals surface area contributed by atoms with Crippen molar-refractivity contribution in [2.45, 2.75) is 32.8 Å². The van der Waals surface area contributed by atoms with Crippen LogP contribution in [-0.4, -0.2) is 30.5 Å². The minimum atomic E-state index is -0.876. The predicted molar refractivity (Wildman–Crippen MR) is 139 cm³/mol. The van der Waals surface area contributed by atoms with Crippen molar-refractivity contribution in [3.63, 3.8) is 0 Å². The zero-order valence-electron chi connectivity index (χ0n) is 20.4. The Bertz CT molecular complexity index is 1120. The Kier molecular flexibility index (Phi) is 11.4. The highest BCUT2D eigenvalue weighted by Crippen LogP contribution is 2.23. The molecule has 0 saturated carbocycles. The van der Waals surface area contributed by atoms with Gasteiger partial charge in [-0.05, 0) is 49.2 Å². The van der Waals surface area contributed by atoms with E-state index in [2.05, 4.69) is 23.6 Å². The van der Waals surface area contributed by atoms with Gasteiger partial charge < -0.3 is 19.4 Å². The first kappa shape index (κ1) is 27.0. The number of allylic oxidation sites excluding steroid dienone is 4. The van der Waals surface area contributed by atoms with Gasteiger partial charge in [0.1, 0.15) is 37.5 Å². The van der Waals surface area contributed by atoms with Crippen LogP contribution in [0.15, 0.2) is 90.1 Å². The summed E-state index contributed by atoms with van der Waals surface area (Å²) in [4.78, 5) is 16.0. The van der Waals surface area contributed by atoms with E-state index in [4.69, 9.17) is 19.4 Å². The quantitative estimate of drug-likeness (QED) is 0.169. The zero-order chi connectivity index (χ0) is 25.5. The van der Waals surface area contributed by atoms with E-state index in [1.807, 2.05) is 73.7 Å². The van der Waals surface area contributed by atoms with Gasteiger partial charge in [-0.25, -0.2) is 0 Å². The van der Waals surface area contributed by atoms with E-state index < -0.39 is 5.97 Å². The molecule has 0 amide bonds. The van der Waals surface area contributed by atoms with Gasteiger partial charge in [0.25, 0.3) is 0 Å². The molecule has 1 atom stereocenters. The Hall–Kier alpha value is -4.24. The molecule has 0 radical (unpaired) electrons. The van der Waals surface area contributed by atoms with Gasteiger partial charge in [0, 0.05) is 5.57 Å². The van der Waals surface area contributed by atoms with Gasteiger partial charge in [-0.15, -0.1) is 5.92 Å². The van der Waals surface area contributed by atoms with Crippen LogP contribution in [0.3, 0.4) is 0 Å². The van der Waals surface area contributed by atoms with Crippen LogP contribution in [0, 0.1) is 11.8 Å². The number of rotatable bonds is 13. The van der Waals surface area contributed by atoms with Gasteiger partial charge in [0.15, 0.2) is 0 Å². The fourth-order valence-electron chi connectivity index (χ4n) is 3.22. The zero-order valence-corrected chi connectivity index (χ0v) is 20.4. The highest BCUT2D eigenvalue weighted by atomic mass is 16.6. The van der Waals surface area contributed by atoms with Gasteiger partial charge in [0.05, 0.1) is 12.3 Å². The van der Waals surface area contributed by atoms with Crippen LogP contribution in [0.1, 0.15) is 37.3 Å². The standard InChI is InChI=1S/C29H31NO5/c1-5-8-24(9-6-2)28(30-33-4)21-35-26-15-11-22(12-16-26)20-34-27-17-13-23(14-18-27)25(10-7-3)19-29(31)32/h5-6,8-9,11-18,25H,1,19-21H2,2-4H3,(H,31,32)/b9-6-,24-8+,30-28+. The molecule has 0 aromatic heterocycles. The lowest BCUT2D eigenvalue weighted by molar-refractivity contribution is -0.137. The normalized spacial score (nSPS) is 12.4. The summed E-state index contributed by atoms with van der Waals surface area (Å²) in [6.07, 6.45) is 7.33. The number of hydrogen-bond acceptors (Lipinski definition) is 5. The molecule has 0 aliphatic carbocycles. The molecule has 0 aliphatic heterocycles. The average molecular weight is 474 g/mol. The molecule has 2 aromatic carbocycles. The first-order chi connectivity index (χ1) is 17.0. The number of ether oxygens (including phenoxy) is 2. The van der Waals surface area contributed by atoms with Crippen molar-refractivity contribution in [1.82, 2.24) is 0 Å². The SMILES string of the molecule is C=C/C=C(\C=C/C)C(/COc1ccc(COc2ccc(C(C#CC)CC(=O)O)cc2)cc1)=N/OC. The second-order valence-electron chi connectivity index (χ2n) is 7.41. The smallest absolute Gasteiger partial charge is 0.304 e. The van der Waals surface area contributed by atoms with Crippen LogP contribution >= 0.6 is 0 Å². The molecule has 0 fully saturated rings. The van der Waals surface area contributed by atoms with Crippen LogP contribution in [-0.2, 0) is 16.2 Å². The van der Waals surface area contributed by atoms with Gasteiger partial charge in [-0.3, -0.25) is 4.79 Å². The van der Waals surface area contributed by atoms with E-state index in [9.17, 15) is 4.79 Å². The highest BCUT2D eigenvalue weighted by Gasteiger charge is 2.13. The van der Waals surface area contributed by atoms with E-state index in [-0.39, 0.29) is 18.9 Å². The van der Waals surface area contributed by atoms with Crippen molar-refractivity contribution in [2.24, 2.45) is 5.16 Å². The second-order valence-corrected chi connectivity index (χ2v) is 7.41. The summed E-state index contributed by atoms with van der Waals surface area (Å²) in [5, 5.41) is 13.2. The molecule has 0 bridgehead atoms. The first-order valence-corrected chi connectivity index (χ1v) is 11.1. The first-order valence-electron chi connectivity index (χ1n) is 11.1. The van der Waals surface area contributed by atoms with Crippen molar-refractivity contribution in [1.29, 1.82) is 0 Å². The number of nitrogens with zero attached hydrogens (tertiary/aromatic N) is 1. The summed E-state index contributed by atoms with van der Waals surface area (Å²) in [5.41, 5.74) is 3.34. The molecule has 1 N–H and O–H groups in total. The van der Waals surface area contributed by atoms with Crippen molar-refractivity contribution in [3.05, 3.63) is 96.1 Å². The fourth-order valence-corrected chi connectivity index (χ4v) is 3.22. The Morgan fingerprint density at radius 2 is 1.77 bits per heavy atom. The predicted octanol–water partition coefficient (Wildman–Crippen LogP) is 5.92. The molecule has 0 saturated heterocycles. The van der Waals surface area contributed by atoms with Crippen LogP contribution in [0.5, 0.6) is 11.5 Å². The molecular formula is C29H31NO5. The largest absolute Gasteiger partial charge is 0.489 e. The van der Waals surface area contributed by atoms with Crippen molar-refractivity contribution in [2.75, 3.05) is 13.7 Å². The van der Waals surface area contributed by atoms with Crippen LogP contribution in [0.4, 0.5) is 0 Å². The van der Waals surface area contributed by atoms with E-state index in [1.54, 1.807) is 13.0 Å². The molecule has 2 rings (SSSR count). The lowest BCUT2D eigenvalue weighted by Crippen LogP contribution is -2.14. The van der Waals surface area contributed by atoms with Gasteiger partial charge in [-0.2, -0.15) is 0 Å². The van der Waals surface area contributed by atoms with Crippen molar-refractivity contribution < 1.29 is 24.2 Å². The lowest BCUT2D eigenvalue weighted by Gasteiger charge is -2.12. The molecule has 0 heterocycles. The lowest BCUT2D eigenvalue weighted by atomic mass is 9.96. The molecule has 6 heteroatoms. The van der Waals surface area contributed by atoms with Gasteiger partial charge >= 0.3 is 5.97 Å².